The predicted molar refractivity (Wildman–Crippen MR) is 136 cm³/mol. The number of carbonyl (C=O) groups is 1. The molecule has 8 heteroatoms. The Morgan fingerprint density at radius 2 is 1.69 bits per heavy atom. The van der Waals surface area contributed by atoms with Crippen LogP contribution in [0.3, 0.4) is 0 Å². The van der Waals surface area contributed by atoms with E-state index in [1.54, 1.807) is 18.2 Å². The quantitative estimate of drug-likeness (QED) is 0.389. The van der Waals surface area contributed by atoms with Crippen LogP contribution in [0.25, 0.3) is 16.6 Å². The summed E-state index contributed by atoms with van der Waals surface area (Å²) in [7, 11) is 0. The Balaban J connectivity index is 1.50. The molecule has 1 unspecified atom stereocenters. The number of hydrogen-bond donors (Lipinski definition) is 1. The second-order valence-electron chi connectivity index (χ2n) is 10.0. The summed E-state index contributed by atoms with van der Waals surface area (Å²) in [5, 5.41) is 12.0. The van der Waals surface area contributed by atoms with E-state index in [2.05, 4.69) is 29.5 Å². The number of hydrogen-bond acceptors (Lipinski definition) is 8. The van der Waals surface area contributed by atoms with Gasteiger partial charge in [-0.25, -0.2) is 4.79 Å². The van der Waals surface area contributed by atoms with Crippen LogP contribution in [0.4, 0.5) is 0 Å². The van der Waals surface area contributed by atoms with E-state index in [4.69, 9.17) is 14.2 Å². The van der Waals surface area contributed by atoms with Crippen LogP contribution in [-0.2, 0) is 27.2 Å². The molecule has 1 N–H and O–H groups in total. The number of aromatic nitrogens is 2. The van der Waals surface area contributed by atoms with Crippen LogP contribution in [0.15, 0.2) is 66.2 Å². The number of aliphatic hydroxyl groups is 1. The van der Waals surface area contributed by atoms with Gasteiger partial charge in [0.05, 0.1) is 17.3 Å². The van der Waals surface area contributed by atoms with E-state index < -0.39 is 11.8 Å². The smallest absolute Gasteiger partial charge is 0.342 e. The first-order chi connectivity index (χ1) is 17.2. The number of fused-ring (bicyclic) bond motifs is 2. The van der Waals surface area contributed by atoms with Crippen molar-refractivity contribution in [2.45, 2.75) is 38.4 Å². The lowest BCUT2D eigenvalue weighted by atomic mass is 9.84. The Bertz CT molecular complexity index is 1530. The average Bonchev–Trinajstić information content (AvgIpc) is 3.56. The fourth-order valence-electron chi connectivity index (χ4n) is 4.66. The SMILES string of the molecule is CC(C)(C)c1ccc(C2(O)OC(=O)C(c3ccc4c(c3)OCO4)=C2Cc2ccc3nsnc3c2)cc1. The lowest BCUT2D eigenvalue weighted by Crippen LogP contribution is -2.30. The molecule has 0 fully saturated rings. The first-order valence-electron chi connectivity index (χ1n) is 11.6. The Hall–Kier alpha value is -3.75. The van der Waals surface area contributed by atoms with Crippen molar-refractivity contribution in [3.63, 3.8) is 0 Å². The summed E-state index contributed by atoms with van der Waals surface area (Å²) < 4.78 is 25.3. The van der Waals surface area contributed by atoms with Gasteiger partial charge in [-0.2, -0.15) is 8.75 Å². The number of benzene rings is 3. The number of carbonyl (C=O) groups excluding carboxylic acids is 1. The number of rotatable bonds is 4. The standard InChI is InChI=1S/C28H24N2O5S/c1-27(2,3)18-6-8-19(9-7-18)28(32)20(12-16-4-10-21-22(13-16)30-36-29-21)25(26(31)35-28)17-5-11-23-24(14-17)34-15-33-23/h4-11,13-14,32H,12,15H2,1-3H3. The van der Waals surface area contributed by atoms with Crippen molar-refractivity contribution < 1.29 is 24.1 Å². The molecule has 3 aromatic carbocycles. The van der Waals surface area contributed by atoms with Crippen molar-refractivity contribution in [1.29, 1.82) is 0 Å². The number of cyclic esters (lactones) is 1. The van der Waals surface area contributed by atoms with E-state index in [1.807, 2.05) is 42.5 Å². The zero-order valence-corrected chi connectivity index (χ0v) is 20.9. The summed E-state index contributed by atoms with van der Waals surface area (Å²) in [6.45, 7) is 6.50. The fraction of sp³-hybridized carbons (Fsp3) is 0.250. The zero-order chi connectivity index (χ0) is 25.1. The van der Waals surface area contributed by atoms with E-state index in [0.29, 0.717) is 33.8 Å². The molecule has 1 aromatic heterocycles. The minimum atomic E-state index is -1.92. The molecular weight excluding hydrogens is 476 g/mol. The maximum absolute atomic E-state index is 13.3. The molecule has 3 heterocycles. The van der Waals surface area contributed by atoms with Crippen molar-refractivity contribution in [2.75, 3.05) is 6.79 Å². The monoisotopic (exact) mass is 500 g/mol. The molecule has 6 rings (SSSR count). The number of nitrogens with zero attached hydrogens (tertiary/aromatic N) is 2. The third-order valence-corrected chi connectivity index (χ3v) is 7.21. The molecule has 2 aliphatic heterocycles. The van der Waals surface area contributed by atoms with Crippen LogP contribution >= 0.6 is 11.7 Å². The Kier molecular flexibility index (Phi) is 5.14. The normalized spacial score (nSPS) is 19.3. The fourth-order valence-corrected chi connectivity index (χ4v) is 5.18. The van der Waals surface area contributed by atoms with Gasteiger partial charge in [-0.3, -0.25) is 0 Å². The minimum absolute atomic E-state index is 0.0548. The van der Waals surface area contributed by atoms with Crippen molar-refractivity contribution in [2.24, 2.45) is 0 Å². The van der Waals surface area contributed by atoms with Gasteiger partial charge in [-0.15, -0.1) is 0 Å². The van der Waals surface area contributed by atoms with E-state index >= 15 is 0 Å². The molecule has 36 heavy (non-hydrogen) atoms. The lowest BCUT2D eigenvalue weighted by molar-refractivity contribution is -0.185. The van der Waals surface area contributed by atoms with Crippen LogP contribution in [-0.4, -0.2) is 26.6 Å². The van der Waals surface area contributed by atoms with Gasteiger partial charge in [-0.1, -0.05) is 57.2 Å². The van der Waals surface area contributed by atoms with E-state index in [9.17, 15) is 9.90 Å². The first kappa shape index (κ1) is 22.7. The maximum Gasteiger partial charge on any atom is 0.342 e. The molecule has 0 saturated carbocycles. The zero-order valence-electron chi connectivity index (χ0n) is 20.1. The number of ether oxygens (including phenoxy) is 3. The second-order valence-corrected chi connectivity index (χ2v) is 10.6. The van der Waals surface area contributed by atoms with E-state index in [-0.39, 0.29) is 18.6 Å². The second kappa shape index (κ2) is 8.15. The van der Waals surface area contributed by atoms with Gasteiger partial charge in [0.25, 0.3) is 5.79 Å². The summed E-state index contributed by atoms with van der Waals surface area (Å²) in [5.41, 5.74) is 5.37. The van der Waals surface area contributed by atoms with Crippen molar-refractivity contribution in [3.8, 4) is 11.5 Å². The molecule has 2 aliphatic rings. The molecule has 0 radical (unpaired) electrons. The van der Waals surface area contributed by atoms with Gasteiger partial charge in [0.1, 0.15) is 11.0 Å². The van der Waals surface area contributed by atoms with Gasteiger partial charge in [0.2, 0.25) is 6.79 Å². The molecule has 0 aliphatic carbocycles. The highest BCUT2D eigenvalue weighted by Crippen LogP contribution is 2.46. The molecule has 0 saturated heterocycles. The Morgan fingerprint density at radius 3 is 2.47 bits per heavy atom. The van der Waals surface area contributed by atoms with Crippen molar-refractivity contribution in [1.82, 2.24) is 8.75 Å². The van der Waals surface area contributed by atoms with Gasteiger partial charge in [-0.05, 0) is 46.4 Å². The molecule has 0 amide bonds. The molecule has 7 nitrogen and oxygen atoms in total. The Morgan fingerprint density at radius 1 is 0.944 bits per heavy atom. The van der Waals surface area contributed by atoms with Crippen LogP contribution in [0.2, 0.25) is 0 Å². The third-order valence-electron chi connectivity index (χ3n) is 6.66. The minimum Gasteiger partial charge on any atom is -0.454 e. The molecule has 1 atom stereocenters. The van der Waals surface area contributed by atoms with Gasteiger partial charge in [0, 0.05) is 17.6 Å². The highest BCUT2D eigenvalue weighted by molar-refractivity contribution is 7.00. The largest absolute Gasteiger partial charge is 0.454 e. The molecule has 0 spiro atoms. The van der Waals surface area contributed by atoms with Gasteiger partial charge >= 0.3 is 5.97 Å². The first-order valence-corrected chi connectivity index (χ1v) is 12.4. The highest BCUT2D eigenvalue weighted by Gasteiger charge is 2.48. The summed E-state index contributed by atoms with van der Waals surface area (Å²) in [6.07, 6.45) is 0.278. The van der Waals surface area contributed by atoms with Crippen LogP contribution < -0.4 is 9.47 Å². The van der Waals surface area contributed by atoms with E-state index in [0.717, 1.165) is 33.9 Å². The van der Waals surface area contributed by atoms with Crippen LogP contribution in [0, 0.1) is 0 Å². The van der Waals surface area contributed by atoms with Gasteiger partial charge < -0.3 is 19.3 Å². The van der Waals surface area contributed by atoms with Crippen molar-refractivity contribution >= 4 is 34.3 Å². The summed E-state index contributed by atoms with van der Waals surface area (Å²) >= 11 is 1.15. The van der Waals surface area contributed by atoms with E-state index in [1.165, 1.54) is 0 Å². The maximum atomic E-state index is 13.3. The predicted octanol–water partition coefficient (Wildman–Crippen LogP) is 5.12. The van der Waals surface area contributed by atoms with Gasteiger partial charge in [0.15, 0.2) is 11.5 Å². The molecular formula is C28H24N2O5S. The summed E-state index contributed by atoms with van der Waals surface area (Å²) in [6, 6.07) is 18.6. The van der Waals surface area contributed by atoms with Crippen LogP contribution in [0.1, 0.15) is 43.0 Å². The lowest BCUT2D eigenvalue weighted by Gasteiger charge is -2.27. The number of esters is 1. The Labute approximate surface area is 212 Å². The summed E-state index contributed by atoms with van der Waals surface area (Å²) in [4.78, 5) is 13.3. The van der Waals surface area contributed by atoms with Crippen LogP contribution in [0.5, 0.6) is 11.5 Å². The molecule has 4 aromatic rings. The summed E-state index contributed by atoms with van der Waals surface area (Å²) in [5.74, 6) is -1.36. The molecule has 0 bridgehead atoms. The molecule has 182 valence electrons. The third kappa shape index (κ3) is 3.73. The average molecular weight is 501 g/mol. The van der Waals surface area contributed by atoms with Crippen molar-refractivity contribution in [3.05, 3.63) is 88.5 Å². The highest BCUT2D eigenvalue weighted by atomic mass is 32.1. The topological polar surface area (TPSA) is 90.8 Å².